The monoisotopic (exact) mass is 561 g/mol. The fraction of sp³-hybridized carbons (Fsp3) is 0.300. The lowest BCUT2D eigenvalue weighted by atomic mass is 9.75. The second kappa shape index (κ2) is 10.4. The quantitative estimate of drug-likeness (QED) is 0.263. The van der Waals surface area contributed by atoms with E-state index in [0.29, 0.717) is 52.2 Å². The molecule has 0 fully saturated rings. The Kier molecular flexibility index (Phi) is 7.14. The average molecular weight is 562 g/mol. The first-order valence-corrected chi connectivity index (χ1v) is 14.6. The number of carbonyl (C=O) groups is 3. The van der Waals surface area contributed by atoms with Crippen molar-refractivity contribution in [1.82, 2.24) is 4.98 Å². The molecule has 208 valence electrons. The van der Waals surface area contributed by atoms with Crippen LogP contribution in [0.4, 0.5) is 11.4 Å². The minimum absolute atomic E-state index is 0.000104. The Bertz CT molecular complexity index is 1650. The minimum atomic E-state index is -3.83. The maximum Gasteiger partial charge on any atom is 0.306 e. The Morgan fingerprint density at radius 1 is 1.10 bits per heavy atom. The summed E-state index contributed by atoms with van der Waals surface area (Å²) in [7, 11) is -3.83. The number of esters is 1. The molecule has 0 spiro atoms. The van der Waals surface area contributed by atoms with Crippen molar-refractivity contribution in [2.45, 2.75) is 51.3 Å². The molecule has 0 unspecified atom stereocenters. The molecule has 1 aliphatic carbocycles. The highest BCUT2D eigenvalue weighted by atomic mass is 32.2. The van der Waals surface area contributed by atoms with Crippen LogP contribution in [0.15, 0.2) is 53.4 Å². The average Bonchev–Trinajstić information content (AvgIpc) is 3.38. The lowest BCUT2D eigenvalue weighted by molar-refractivity contribution is -0.143. The Balaban J connectivity index is 1.54. The fourth-order valence-electron chi connectivity index (χ4n) is 5.35. The van der Waals surface area contributed by atoms with Gasteiger partial charge in [-0.05, 0) is 67.2 Å². The van der Waals surface area contributed by atoms with Crippen molar-refractivity contribution < 1.29 is 27.5 Å². The number of aromatic amines is 1. The first-order chi connectivity index (χ1) is 19.0. The smallest absolute Gasteiger partial charge is 0.306 e. The summed E-state index contributed by atoms with van der Waals surface area (Å²) in [5.41, 5.74) is 4.09. The molecule has 9 nitrogen and oxygen atoms in total. The molecule has 1 aromatic heterocycles. The molecular formula is C30H31N3O6S. The summed E-state index contributed by atoms with van der Waals surface area (Å²) in [4.78, 5) is 41.9. The Morgan fingerprint density at radius 3 is 2.58 bits per heavy atom. The van der Waals surface area contributed by atoms with Crippen LogP contribution < -0.4 is 10.0 Å². The number of ketones is 1. The van der Waals surface area contributed by atoms with Gasteiger partial charge in [-0.15, -0.1) is 0 Å². The molecule has 10 heteroatoms. The summed E-state index contributed by atoms with van der Waals surface area (Å²) < 4.78 is 33.4. The van der Waals surface area contributed by atoms with Gasteiger partial charge in [0.2, 0.25) is 0 Å². The van der Waals surface area contributed by atoms with Gasteiger partial charge in [0.1, 0.15) is 0 Å². The van der Waals surface area contributed by atoms with Gasteiger partial charge in [0.05, 0.1) is 17.1 Å². The largest absolute Gasteiger partial charge is 0.466 e. The first-order valence-electron chi connectivity index (χ1n) is 13.2. The number of anilines is 2. The second-order valence-corrected chi connectivity index (χ2v) is 12.5. The van der Waals surface area contributed by atoms with Crippen molar-refractivity contribution in [1.29, 1.82) is 0 Å². The molecule has 0 atom stereocenters. The van der Waals surface area contributed by atoms with E-state index in [1.807, 2.05) is 13.8 Å². The van der Waals surface area contributed by atoms with Crippen LogP contribution in [0.25, 0.3) is 11.6 Å². The number of hydrogen-bond acceptors (Lipinski definition) is 6. The van der Waals surface area contributed by atoms with E-state index in [1.165, 1.54) is 12.1 Å². The van der Waals surface area contributed by atoms with Crippen molar-refractivity contribution >= 4 is 50.7 Å². The van der Waals surface area contributed by atoms with Crippen molar-refractivity contribution in [2.75, 3.05) is 16.6 Å². The summed E-state index contributed by atoms with van der Waals surface area (Å²) in [6, 6.07) is 12.8. The van der Waals surface area contributed by atoms with Crippen LogP contribution in [-0.4, -0.2) is 37.7 Å². The normalized spacial score (nSPS) is 16.8. The summed E-state index contributed by atoms with van der Waals surface area (Å²) in [5, 5.41) is 2.82. The van der Waals surface area contributed by atoms with Crippen LogP contribution in [0.5, 0.6) is 0 Å². The predicted molar refractivity (Wildman–Crippen MR) is 152 cm³/mol. The standard InChI is InChI=1S/C30H31N3O6S/c1-4-39-27(35)13-11-20-24(31-25-16-30(2,3)17-26(34)28(20)25)15-22-21-14-18(10-12-23(21)32-29(22)36)33-40(37,38)19-8-6-5-7-9-19/h5-10,12,14-15,31,33H,4,11,13,16-17H2,1-3H3,(H,32,36). The maximum atomic E-state index is 13.2. The Labute approximate surface area is 233 Å². The van der Waals surface area contributed by atoms with Crippen molar-refractivity contribution in [3.63, 3.8) is 0 Å². The second-order valence-electron chi connectivity index (χ2n) is 10.8. The molecule has 0 saturated carbocycles. The predicted octanol–water partition coefficient (Wildman–Crippen LogP) is 4.96. The molecule has 0 radical (unpaired) electrons. The number of rotatable bonds is 8. The van der Waals surface area contributed by atoms with E-state index in [0.717, 1.165) is 5.69 Å². The number of sulfonamides is 1. The highest BCUT2D eigenvalue weighted by Crippen LogP contribution is 2.40. The Morgan fingerprint density at radius 2 is 1.85 bits per heavy atom. The molecule has 1 amide bonds. The van der Waals surface area contributed by atoms with E-state index in [1.54, 1.807) is 49.4 Å². The molecule has 1 aliphatic heterocycles. The fourth-order valence-corrected chi connectivity index (χ4v) is 6.42. The van der Waals surface area contributed by atoms with E-state index in [2.05, 4.69) is 15.0 Å². The zero-order valence-corrected chi connectivity index (χ0v) is 23.4. The van der Waals surface area contributed by atoms with Crippen LogP contribution in [0.2, 0.25) is 0 Å². The van der Waals surface area contributed by atoms with E-state index in [9.17, 15) is 22.8 Å². The molecule has 2 heterocycles. The van der Waals surface area contributed by atoms with Crippen molar-refractivity contribution in [3.05, 3.63) is 76.6 Å². The maximum absolute atomic E-state index is 13.2. The summed E-state index contributed by atoms with van der Waals surface area (Å²) >= 11 is 0. The molecule has 0 saturated heterocycles. The SMILES string of the molecule is CCOC(=O)CCc1c(C=C2C(=O)Nc3ccc(NS(=O)(=O)c4ccccc4)cc32)[nH]c2c1C(=O)CC(C)(C)C2. The number of nitrogens with one attached hydrogen (secondary N) is 3. The summed E-state index contributed by atoms with van der Waals surface area (Å²) in [6.45, 7) is 6.07. The van der Waals surface area contributed by atoms with Gasteiger partial charge >= 0.3 is 5.97 Å². The van der Waals surface area contributed by atoms with E-state index in [-0.39, 0.29) is 47.4 Å². The molecule has 3 N–H and O–H groups in total. The third-order valence-electron chi connectivity index (χ3n) is 7.07. The molecule has 2 aliphatic rings. The van der Waals surface area contributed by atoms with Crippen LogP contribution in [0.1, 0.15) is 66.5 Å². The number of H-pyrrole nitrogens is 1. The molecule has 0 bridgehead atoms. The highest BCUT2D eigenvalue weighted by molar-refractivity contribution is 7.92. The molecule has 40 heavy (non-hydrogen) atoms. The van der Waals surface area contributed by atoms with Gasteiger partial charge in [0, 0.05) is 46.7 Å². The lowest BCUT2D eigenvalue weighted by Gasteiger charge is -2.28. The summed E-state index contributed by atoms with van der Waals surface area (Å²) in [6.07, 6.45) is 3.09. The third kappa shape index (κ3) is 5.44. The number of amides is 1. The van der Waals surface area contributed by atoms with E-state index in [4.69, 9.17) is 4.74 Å². The number of Topliss-reactive ketones (excluding diaryl/α,β-unsaturated/α-hetero) is 1. The summed E-state index contributed by atoms with van der Waals surface area (Å²) in [5.74, 6) is -0.715. The van der Waals surface area contributed by atoms with Crippen molar-refractivity contribution in [2.24, 2.45) is 5.41 Å². The van der Waals surface area contributed by atoms with Crippen LogP contribution in [0, 0.1) is 5.41 Å². The van der Waals surface area contributed by atoms with Crippen LogP contribution in [0.3, 0.4) is 0 Å². The minimum Gasteiger partial charge on any atom is -0.466 e. The number of benzene rings is 2. The first kappa shape index (κ1) is 27.4. The van der Waals surface area contributed by atoms with Gasteiger partial charge < -0.3 is 15.0 Å². The van der Waals surface area contributed by atoms with Gasteiger partial charge in [0.25, 0.3) is 15.9 Å². The number of carbonyl (C=O) groups excluding carboxylic acids is 3. The molecular weight excluding hydrogens is 530 g/mol. The number of hydrogen-bond donors (Lipinski definition) is 3. The van der Waals surface area contributed by atoms with Gasteiger partial charge in [-0.3, -0.25) is 19.1 Å². The van der Waals surface area contributed by atoms with Gasteiger partial charge in [0.15, 0.2) is 5.78 Å². The zero-order valence-electron chi connectivity index (χ0n) is 22.6. The highest BCUT2D eigenvalue weighted by Gasteiger charge is 2.35. The number of ether oxygens (including phenoxy) is 1. The Hall–Kier alpha value is -4.18. The molecule has 2 aromatic carbocycles. The molecule has 3 aromatic rings. The zero-order chi connectivity index (χ0) is 28.7. The number of fused-ring (bicyclic) bond motifs is 2. The van der Waals surface area contributed by atoms with E-state index < -0.39 is 10.0 Å². The van der Waals surface area contributed by atoms with Gasteiger partial charge in [-0.25, -0.2) is 8.42 Å². The third-order valence-corrected chi connectivity index (χ3v) is 8.47. The van der Waals surface area contributed by atoms with Gasteiger partial charge in [-0.1, -0.05) is 32.0 Å². The number of aromatic nitrogens is 1. The van der Waals surface area contributed by atoms with E-state index >= 15 is 0 Å². The van der Waals surface area contributed by atoms with Crippen LogP contribution in [-0.2, 0) is 37.2 Å². The van der Waals surface area contributed by atoms with Crippen molar-refractivity contribution in [3.8, 4) is 0 Å². The topological polar surface area (TPSA) is 134 Å². The lowest BCUT2D eigenvalue weighted by Crippen LogP contribution is -2.27. The van der Waals surface area contributed by atoms with Gasteiger partial charge in [-0.2, -0.15) is 0 Å². The molecule has 5 rings (SSSR count). The van der Waals surface area contributed by atoms with Crippen LogP contribution >= 0.6 is 0 Å².